The first-order chi connectivity index (χ1) is 44.4. The number of aliphatic hydroxyl groups excluding tert-OH is 3. The van der Waals surface area contributed by atoms with E-state index in [1.165, 1.54) is 199 Å². The molecular formula is C73H135ClO18. The van der Waals surface area contributed by atoms with Gasteiger partial charge in [0.05, 0.1) is 0 Å². The van der Waals surface area contributed by atoms with Crippen LogP contribution in [-0.4, -0.2) is 124 Å². The largest absolute Gasteiger partial charge is 0.478 e. The topological polar surface area (TPSA) is 292 Å². The number of carbonyl (C=O) groups is 9. The van der Waals surface area contributed by atoms with Gasteiger partial charge in [-0.05, 0) is 43.7 Å². The van der Waals surface area contributed by atoms with Crippen LogP contribution in [0.2, 0.25) is 0 Å². The van der Waals surface area contributed by atoms with Crippen LogP contribution in [0.3, 0.4) is 0 Å². The first-order valence-electron chi connectivity index (χ1n) is 36.3. The van der Waals surface area contributed by atoms with Crippen molar-refractivity contribution in [1.82, 2.24) is 0 Å². The van der Waals surface area contributed by atoms with Crippen LogP contribution < -0.4 is 0 Å². The normalized spacial score (nSPS) is 10.6. The van der Waals surface area contributed by atoms with Crippen LogP contribution in [0.5, 0.6) is 0 Å². The summed E-state index contributed by atoms with van der Waals surface area (Å²) in [4.78, 5) is 97.9. The summed E-state index contributed by atoms with van der Waals surface area (Å²) in [6, 6.07) is 0. The molecule has 0 aromatic heterocycles. The standard InChI is InChI=1S/C27H52O5.C27H50O5.C12H23ClO.C4H4O4.C3H6O3/c2*1-3-5-7-9-11-13-15-17-19-21-26(29)31-23-25(28)24-32-27(30)22-20-18-16-14-12-10-8-6-4-2;1-2-3-4-5-6-7-8-9-10-11-12(13)14;5-3(6)1-2-4(7)8;4-1-3(6)2-5/h25,28H,3-24H2,1-2H3;3-24H2,1-2H3;2-11H2,1H3;1-2H,(H,5,6)(H,7,8);4-5H,1-2H2/b;;;2-1+;. The molecule has 0 amide bonds. The Hall–Kier alpha value is -4.26. The van der Waals surface area contributed by atoms with Gasteiger partial charge in [-0.15, -0.1) is 0 Å². The van der Waals surface area contributed by atoms with Crippen molar-refractivity contribution in [3.05, 3.63) is 12.2 Å². The van der Waals surface area contributed by atoms with E-state index in [2.05, 4.69) is 34.6 Å². The van der Waals surface area contributed by atoms with Crippen LogP contribution in [0.4, 0.5) is 0 Å². The van der Waals surface area contributed by atoms with Gasteiger partial charge in [0.2, 0.25) is 11.0 Å². The van der Waals surface area contributed by atoms with E-state index < -0.39 is 37.0 Å². The highest BCUT2D eigenvalue weighted by atomic mass is 35.5. The summed E-state index contributed by atoms with van der Waals surface area (Å²) < 4.78 is 20.2. The summed E-state index contributed by atoms with van der Waals surface area (Å²) in [6.07, 6.45) is 56.7. The van der Waals surface area contributed by atoms with Gasteiger partial charge < -0.3 is 44.5 Å². The van der Waals surface area contributed by atoms with Gasteiger partial charge >= 0.3 is 35.8 Å². The molecule has 92 heavy (non-hydrogen) atoms. The van der Waals surface area contributed by atoms with Crippen molar-refractivity contribution in [3.63, 3.8) is 0 Å². The second-order valence-electron chi connectivity index (χ2n) is 24.0. The van der Waals surface area contributed by atoms with Crippen molar-refractivity contribution >= 4 is 64.2 Å². The lowest BCUT2D eigenvalue weighted by Gasteiger charge is -2.12. The molecule has 5 N–H and O–H groups in total. The molecule has 0 unspecified atom stereocenters. The first-order valence-corrected chi connectivity index (χ1v) is 36.7. The van der Waals surface area contributed by atoms with Gasteiger partial charge in [0.25, 0.3) is 0 Å². The van der Waals surface area contributed by atoms with Gasteiger partial charge in [-0.2, -0.15) is 0 Å². The number of carboxylic acids is 2. The number of Topliss-reactive ketones (excluding diaryl/α,β-unsaturated/α-hetero) is 2. The summed E-state index contributed by atoms with van der Waals surface area (Å²) in [7, 11) is 0. The zero-order valence-corrected chi connectivity index (χ0v) is 59.5. The lowest BCUT2D eigenvalue weighted by molar-refractivity contribution is -0.153. The van der Waals surface area contributed by atoms with Crippen LogP contribution in [0.25, 0.3) is 0 Å². The molecule has 0 saturated heterocycles. The molecule has 0 fully saturated rings. The van der Waals surface area contributed by atoms with E-state index >= 15 is 0 Å². The number of ketones is 2. The Labute approximate surface area is 563 Å². The fraction of sp³-hybridized carbons (Fsp3) is 0.849. The summed E-state index contributed by atoms with van der Waals surface area (Å²) in [5.74, 6) is -4.69. The number of unbranched alkanes of at least 4 members (excludes halogenated alkanes) is 40. The number of hydrogen-bond acceptors (Lipinski definition) is 16. The van der Waals surface area contributed by atoms with Gasteiger partial charge in [-0.3, -0.25) is 33.6 Å². The van der Waals surface area contributed by atoms with Gasteiger partial charge in [-0.1, -0.05) is 291 Å². The number of carbonyl (C=O) groups excluding carboxylic acids is 7. The van der Waals surface area contributed by atoms with Gasteiger partial charge in [0.15, 0.2) is 19.0 Å². The van der Waals surface area contributed by atoms with Crippen LogP contribution in [0, 0.1) is 0 Å². The fourth-order valence-electron chi connectivity index (χ4n) is 9.17. The Morgan fingerprint density at radius 2 is 0.500 bits per heavy atom. The molecule has 0 aliphatic rings. The van der Waals surface area contributed by atoms with Crippen molar-refractivity contribution < 1.29 is 87.6 Å². The molecule has 0 rings (SSSR count). The molecule has 0 spiro atoms. The molecule has 0 atom stereocenters. The van der Waals surface area contributed by atoms with Crippen LogP contribution in [0.1, 0.15) is 356 Å². The third-order valence-corrected chi connectivity index (χ3v) is 15.0. The molecule has 0 aromatic rings. The maximum Gasteiger partial charge on any atom is 0.328 e. The van der Waals surface area contributed by atoms with Crippen LogP contribution >= 0.6 is 11.6 Å². The zero-order chi connectivity index (χ0) is 69.6. The SMILES string of the molecule is CCCCCCCCCCCC(=O)Cl.CCCCCCCCCCCC(=O)OCC(=O)COC(=O)CCCCCCCCCCC.CCCCCCCCCCCC(=O)OCC(O)COC(=O)CCCCCCCCCCC.O=C(CO)CO.O=C(O)/C=C/C(=O)O. The maximum atomic E-state index is 11.8. The summed E-state index contributed by atoms with van der Waals surface area (Å²) in [5.41, 5.74) is 0. The Morgan fingerprint density at radius 1 is 0.304 bits per heavy atom. The number of ether oxygens (including phenoxy) is 4. The molecule has 19 heteroatoms. The van der Waals surface area contributed by atoms with Gasteiger partial charge in [0, 0.05) is 44.3 Å². The molecule has 542 valence electrons. The van der Waals surface area contributed by atoms with Gasteiger partial charge in [0.1, 0.15) is 32.5 Å². The summed E-state index contributed by atoms with van der Waals surface area (Å²) in [5, 5.41) is 40.9. The number of esters is 4. The second-order valence-corrected chi connectivity index (χ2v) is 24.4. The van der Waals surface area contributed by atoms with Gasteiger partial charge in [-0.25, -0.2) is 9.59 Å². The number of aliphatic hydroxyl groups is 3. The van der Waals surface area contributed by atoms with Crippen molar-refractivity contribution in [2.45, 2.75) is 362 Å². The van der Waals surface area contributed by atoms with Crippen LogP contribution in [-0.2, 0) is 62.1 Å². The monoisotopic (exact) mass is 1330 g/mol. The molecule has 0 aliphatic heterocycles. The maximum absolute atomic E-state index is 11.8. The average molecular weight is 1340 g/mol. The van der Waals surface area contributed by atoms with Crippen LogP contribution in [0.15, 0.2) is 12.2 Å². The first kappa shape index (κ1) is 96.4. The highest BCUT2D eigenvalue weighted by Crippen LogP contribution is 2.16. The quantitative estimate of drug-likeness (QED) is 0.0124. The molecular weight excluding hydrogens is 1200 g/mol. The van der Waals surface area contributed by atoms with E-state index in [4.69, 9.17) is 51.0 Å². The van der Waals surface area contributed by atoms with Crippen molar-refractivity contribution in [3.8, 4) is 0 Å². The molecule has 0 aliphatic carbocycles. The van der Waals surface area contributed by atoms with E-state index in [0.717, 1.165) is 89.9 Å². The Morgan fingerprint density at radius 3 is 0.685 bits per heavy atom. The Bertz CT molecular complexity index is 1620. The van der Waals surface area contributed by atoms with Crippen molar-refractivity contribution in [2.75, 3.05) is 39.6 Å². The summed E-state index contributed by atoms with van der Waals surface area (Å²) in [6.45, 7) is 9.19. The van der Waals surface area contributed by atoms with E-state index in [0.29, 0.717) is 44.3 Å². The summed E-state index contributed by atoms with van der Waals surface area (Å²) >= 11 is 5.24. The average Bonchev–Trinajstić information content (AvgIpc) is 3.77. The molecule has 18 nitrogen and oxygen atoms in total. The Kier molecular flexibility index (Phi) is 86.8. The third kappa shape index (κ3) is 96.8. The third-order valence-electron chi connectivity index (χ3n) is 14.8. The number of hydrogen-bond donors (Lipinski definition) is 5. The minimum atomic E-state index is -1.26. The number of halogens is 1. The molecule has 0 bridgehead atoms. The number of rotatable bonds is 62. The van der Waals surface area contributed by atoms with E-state index in [1.54, 1.807) is 0 Å². The number of aliphatic carboxylic acids is 2. The van der Waals surface area contributed by atoms with E-state index in [9.17, 15) is 48.3 Å². The lowest BCUT2D eigenvalue weighted by Crippen LogP contribution is -2.25. The zero-order valence-electron chi connectivity index (χ0n) is 58.8. The molecule has 0 radical (unpaired) electrons. The lowest BCUT2D eigenvalue weighted by atomic mass is 10.1. The fourth-order valence-corrected chi connectivity index (χ4v) is 9.30. The van der Waals surface area contributed by atoms with E-state index in [-0.39, 0.29) is 61.3 Å². The predicted octanol–water partition coefficient (Wildman–Crippen LogP) is 17.7. The smallest absolute Gasteiger partial charge is 0.328 e. The molecule has 0 aromatic carbocycles. The Balaban J connectivity index is -0.000000389. The minimum Gasteiger partial charge on any atom is -0.478 e. The highest BCUT2D eigenvalue weighted by Gasteiger charge is 2.13. The number of carboxylic acid groups (broad SMARTS) is 2. The van der Waals surface area contributed by atoms with Crippen molar-refractivity contribution in [2.24, 2.45) is 0 Å². The molecule has 0 heterocycles. The van der Waals surface area contributed by atoms with E-state index in [1.807, 2.05) is 0 Å². The van der Waals surface area contributed by atoms with Crippen molar-refractivity contribution in [1.29, 1.82) is 0 Å². The predicted molar refractivity (Wildman–Crippen MR) is 369 cm³/mol. The second kappa shape index (κ2) is 82.8. The highest BCUT2D eigenvalue weighted by molar-refractivity contribution is 6.63. The molecule has 0 saturated carbocycles. The minimum absolute atomic E-state index is 0.110.